The largest absolute Gasteiger partial charge is 0.495 e. The molecule has 1 N–H and O–H groups in total. The van der Waals surface area contributed by atoms with Gasteiger partial charge >= 0.3 is 0 Å². The number of nitrogens with zero attached hydrogens (tertiary/aromatic N) is 4. The van der Waals surface area contributed by atoms with Crippen LogP contribution in [0.1, 0.15) is 5.56 Å². The van der Waals surface area contributed by atoms with E-state index in [4.69, 9.17) is 4.74 Å². The highest BCUT2D eigenvalue weighted by atomic mass is 32.2. The van der Waals surface area contributed by atoms with Crippen LogP contribution >= 0.6 is 23.1 Å². The number of carbonyl (C=O) groups excluding carboxylic acids is 1. The van der Waals surface area contributed by atoms with Gasteiger partial charge in [0.1, 0.15) is 11.4 Å². The molecule has 11 heteroatoms. The van der Waals surface area contributed by atoms with Crippen molar-refractivity contribution < 1.29 is 14.5 Å². The van der Waals surface area contributed by atoms with Crippen LogP contribution in [-0.4, -0.2) is 38.5 Å². The van der Waals surface area contributed by atoms with E-state index in [0.29, 0.717) is 22.3 Å². The molecule has 0 aliphatic rings. The third-order valence-electron chi connectivity index (χ3n) is 4.75. The number of thiophene rings is 1. The first-order valence-electron chi connectivity index (χ1n) is 9.79. The van der Waals surface area contributed by atoms with E-state index >= 15 is 0 Å². The SMILES string of the molecule is COc1ccccc1-n1c(SCC(=O)Nc2c(C)cccc2[N+](=O)[O-])nnc1-c1cccs1. The third kappa shape index (κ3) is 4.73. The molecule has 2 aromatic heterocycles. The van der Waals surface area contributed by atoms with Gasteiger partial charge in [-0.3, -0.25) is 19.5 Å². The fraction of sp³-hybridized carbons (Fsp3) is 0.136. The summed E-state index contributed by atoms with van der Waals surface area (Å²) >= 11 is 2.71. The van der Waals surface area contributed by atoms with Gasteiger partial charge in [0.2, 0.25) is 5.91 Å². The highest BCUT2D eigenvalue weighted by Crippen LogP contribution is 2.34. The molecular weight excluding hydrogens is 462 g/mol. The van der Waals surface area contributed by atoms with Crippen molar-refractivity contribution in [1.82, 2.24) is 14.8 Å². The number of para-hydroxylation sites is 3. The van der Waals surface area contributed by atoms with Crippen molar-refractivity contribution in [2.24, 2.45) is 0 Å². The minimum atomic E-state index is -0.513. The number of nitrogens with one attached hydrogen (secondary N) is 1. The van der Waals surface area contributed by atoms with Crippen molar-refractivity contribution >= 4 is 40.4 Å². The highest BCUT2D eigenvalue weighted by molar-refractivity contribution is 7.99. The van der Waals surface area contributed by atoms with Gasteiger partial charge in [-0.1, -0.05) is 42.1 Å². The van der Waals surface area contributed by atoms with Crippen LogP contribution < -0.4 is 10.1 Å². The molecule has 0 bridgehead atoms. The van der Waals surface area contributed by atoms with E-state index in [-0.39, 0.29) is 23.0 Å². The highest BCUT2D eigenvalue weighted by Gasteiger charge is 2.22. The van der Waals surface area contributed by atoms with Crippen LogP contribution in [0.25, 0.3) is 16.4 Å². The number of ether oxygens (including phenoxy) is 1. The van der Waals surface area contributed by atoms with Crippen molar-refractivity contribution in [3.8, 4) is 22.1 Å². The van der Waals surface area contributed by atoms with Crippen LogP contribution in [0, 0.1) is 17.0 Å². The molecular formula is C22H19N5O4S2. The Kier molecular flexibility index (Phi) is 6.71. The van der Waals surface area contributed by atoms with Crippen molar-refractivity contribution in [2.45, 2.75) is 12.1 Å². The first kappa shape index (κ1) is 22.5. The molecule has 0 unspecified atom stereocenters. The van der Waals surface area contributed by atoms with Crippen LogP contribution in [0.2, 0.25) is 0 Å². The number of aryl methyl sites for hydroxylation is 1. The molecule has 0 aliphatic heterocycles. The number of aromatic nitrogens is 3. The molecule has 33 heavy (non-hydrogen) atoms. The molecule has 0 radical (unpaired) electrons. The number of benzene rings is 2. The molecule has 2 aromatic carbocycles. The number of nitro groups is 1. The minimum absolute atomic E-state index is 0.0107. The molecule has 0 saturated heterocycles. The average Bonchev–Trinajstić information content (AvgIpc) is 3.48. The molecule has 9 nitrogen and oxygen atoms in total. The summed E-state index contributed by atoms with van der Waals surface area (Å²) < 4.78 is 7.37. The lowest BCUT2D eigenvalue weighted by Gasteiger charge is -2.13. The van der Waals surface area contributed by atoms with Gasteiger partial charge in [-0.25, -0.2) is 0 Å². The minimum Gasteiger partial charge on any atom is -0.495 e. The second-order valence-electron chi connectivity index (χ2n) is 6.85. The molecule has 0 fully saturated rings. The van der Waals surface area contributed by atoms with Crippen molar-refractivity contribution in [3.63, 3.8) is 0 Å². The average molecular weight is 482 g/mol. The van der Waals surface area contributed by atoms with Crippen molar-refractivity contribution in [1.29, 1.82) is 0 Å². The molecule has 1 amide bonds. The lowest BCUT2D eigenvalue weighted by atomic mass is 10.1. The Hall–Kier alpha value is -3.70. The number of carbonyl (C=O) groups is 1. The van der Waals surface area contributed by atoms with Gasteiger partial charge in [0.05, 0.1) is 28.4 Å². The number of rotatable bonds is 8. The van der Waals surface area contributed by atoms with Crippen LogP contribution in [0.3, 0.4) is 0 Å². The van der Waals surface area contributed by atoms with Gasteiger partial charge in [0, 0.05) is 6.07 Å². The van der Waals surface area contributed by atoms with Gasteiger partial charge in [0.25, 0.3) is 5.69 Å². The molecule has 0 spiro atoms. The number of methoxy groups -OCH3 is 1. The van der Waals surface area contributed by atoms with E-state index in [2.05, 4.69) is 15.5 Å². The lowest BCUT2D eigenvalue weighted by molar-refractivity contribution is -0.384. The monoisotopic (exact) mass is 481 g/mol. The Morgan fingerprint density at radius 1 is 1.18 bits per heavy atom. The molecule has 168 valence electrons. The van der Waals surface area contributed by atoms with Crippen LogP contribution in [0.15, 0.2) is 65.1 Å². The Balaban J connectivity index is 1.62. The molecule has 0 aliphatic carbocycles. The third-order valence-corrected chi connectivity index (χ3v) is 6.54. The number of anilines is 1. The van der Waals surface area contributed by atoms with Crippen LogP contribution in [0.4, 0.5) is 11.4 Å². The lowest BCUT2D eigenvalue weighted by Crippen LogP contribution is -2.16. The van der Waals surface area contributed by atoms with E-state index < -0.39 is 4.92 Å². The zero-order valence-corrected chi connectivity index (χ0v) is 19.4. The first-order valence-corrected chi connectivity index (χ1v) is 11.7. The van der Waals surface area contributed by atoms with E-state index in [1.165, 1.54) is 29.2 Å². The summed E-state index contributed by atoms with van der Waals surface area (Å²) in [5, 5.41) is 25.1. The maximum absolute atomic E-state index is 12.7. The summed E-state index contributed by atoms with van der Waals surface area (Å²) in [6.45, 7) is 1.71. The van der Waals surface area contributed by atoms with E-state index in [1.54, 1.807) is 26.2 Å². The van der Waals surface area contributed by atoms with E-state index in [1.807, 2.05) is 46.3 Å². The van der Waals surface area contributed by atoms with Gasteiger partial charge in [-0.15, -0.1) is 21.5 Å². The smallest absolute Gasteiger partial charge is 0.293 e. The molecule has 4 rings (SSSR count). The van der Waals surface area contributed by atoms with Crippen molar-refractivity contribution in [3.05, 3.63) is 75.7 Å². The summed E-state index contributed by atoms with van der Waals surface area (Å²) in [7, 11) is 1.59. The Morgan fingerprint density at radius 2 is 2.00 bits per heavy atom. The fourth-order valence-corrected chi connectivity index (χ4v) is 4.68. The van der Waals surface area contributed by atoms with Crippen LogP contribution in [0.5, 0.6) is 5.75 Å². The van der Waals surface area contributed by atoms with Gasteiger partial charge in [-0.05, 0) is 36.1 Å². The Morgan fingerprint density at radius 3 is 2.73 bits per heavy atom. The zero-order valence-electron chi connectivity index (χ0n) is 17.7. The van der Waals surface area contributed by atoms with E-state index in [0.717, 1.165) is 10.6 Å². The topological polar surface area (TPSA) is 112 Å². The van der Waals surface area contributed by atoms with E-state index in [9.17, 15) is 14.9 Å². The zero-order chi connectivity index (χ0) is 23.4. The predicted molar refractivity (Wildman–Crippen MR) is 128 cm³/mol. The van der Waals surface area contributed by atoms with Gasteiger partial charge < -0.3 is 10.1 Å². The van der Waals surface area contributed by atoms with Gasteiger partial charge in [-0.2, -0.15) is 0 Å². The Labute approximate surface area is 197 Å². The number of nitro benzene ring substituents is 1. The number of hydrogen-bond acceptors (Lipinski definition) is 8. The van der Waals surface area contributed by atoms with Crippen molar-refractivity contribution in [2.75, 3.05) is 18.2 Å². The summed E-state index contributed by atoms with van der Waals surface area (Å²) in [6.07, 6.45) is 0. The first-order chi connectivity index (χ1) is 16.0. The number of thioether (sulfide) groups is 1. The summed E-state index contributed by atoms with van der Waals surface area (Å²) in [4.78, 5) is 24.4. The Bertz CT molecular complexity index is 1300. The summed E-state index contributed by atoms with van der Waals surface area (Å²) in [6, 6.07) is 16.0. The maximum atomic E-state index is 12.7. The fourth-order valence-electron chi connectivity index (χ4n) is 3.23. The molecule has 0 atom stereocenters. The normalized spacial score (nSPS) is 10.7. The molecule has 2 heterocycles. The maximum Gasteiger partial charge on any atom is 0.293 e. The standard InChI is InChI=1S/C22H19N5O4S2/c1-14-7-5-9-16(27(29)30)20(14)23-19(28)13-33-22-25-24-21(18-11-6-12-32-18)26(22)15-8-3-4-10-17(15)31-2/h3-12H,13H2,1-2H3,(H,23,28). The quantitative estimate of drug-likeness (QED) is 0.215. The summed E-state index contributed by atoms with van der Waals surface area (Å²) in [5.74, 6) is 0.872. The van der Waals surface area contributed by atoms with Gasteiger partial charge in [0.15, 0.2) is 11.0 Å². The summed E-state index contributed by atoms with van der Waals surface area (Å²) in [5.41, 5.74) is 1.40. The second-order valence-corrected chi connectivity index (χ2v) is 8.74. The van der Waals surface area contributed by atoms with Crippen LogP contribution in [-0.2, 0) is 4.79 Å². The molecule has 0 saturated carbocycles. The number of hydrogen-bond donors (Lipinski definition) is 1. The second kappa shape index (κ2) is 9.84. The predicted octanol–water partition coefficient (Wildman–Crippen LogP) is 4.95. The molecule has 4 aromatic rings. The number of amides is 1.